The first-order valence-electron chi connectivity index (χ1n) is 8.70. The van der Waals surface area contributed by atoms with Gasteiger partial charge in [-0.1, -0.05) is 12.1 Å². The van der Waals surface area contributed by atoms with Crippen molar-refractivity contribution in [3.05, 3.63) is 77.1 Å². The molecule has 3 rings (SSSR count). The number of amides is 1. The van der Waals surface area contributed by atoms with Crippen molar-refractivity contribution < 1.29 is 18.7 Å². The second-order valence-electron chi connectivity index (χ2n) is 6.36. The number of methoxy groups -OCH3 is 2. The minimum Gasteiger partial charge on any atom is -0.496 e. The molecule has 1 heterocycles. The number of ether oxygens (including phenoxy) is 2. The molecule has 28 heavy (non-hydrogen) atoms. The maximum absolute atomic E-state index is 13.8. The second kappa shape index (κ2) is 8.12. The smallest absolute Gasteiger partial charge is 0.252 e. The van der Waals surface area contributed by atoms with Crippen LogP contribution >= 0.6 is 0 Å². The average molecular weight is 383 g/mol. The van der Waals surface area contributed by atoms with Crippen LogP contribution in [-0.4, -0.2) is 29.7 Å². The van der Waals surface area contributed by atoms with E-state index in [0.29, 0.717) is 28.5 Å². The van der Waals surface area contributed by atoms with Crippen LogP contribution in [0.4, 0.5) is 4.39 Å². The molecule has 1 atom stereocenters. The minimum atomic E-state index is -0.624. The lowest BCUT2D eigenvalue weighted by atomic mass is 10.0. The van der Waals surface area contributed by atoms with Crippen LogP contribution in [0, 0.1) is 12.7 Å². The summed E-state index contributed by atoms with van der Waals surface area (Å²) in [7, 11) is 4.89. The molecular weight excluding hydrogens is 361 g/mol. The average Bonchev–Trinajstić information content (AvgIpc) is 3.11. The number of rotatable bonds is 6. The van der Waals surface area contributed by atoms with Crippen molar-refractivity contribution in [2.24, 2.45) is 7.05 Å². The van der Waals surface area contributed by atoms with Gasteiger partial charge in [-0.2, -0.15) is 0 Å². The van der Waals surface area contributed by atoms with E-state index in [9.17, 15) is 9.18 Å². The van der Waals surface area contributed by atoms with Gasteiger partial charge in [0.1, 0.15) is 29.2 Å². The van der Waals surface area contributed by atoms with Crippen LogP contribution in [-0.2, 0) is 7.05 Å². The van der Waals surface area contributed by atoms with Crippen molar-refractivity contribution in [2.75, 3.05) is 14.2 Å². The molecule has 0 saturated carbocycles. The zero-order valence-electron chi connectivity index (χ0n) is 16.2. The molecule has 146 valence electrons. The van der Waals surface area contributed by atoms with E-state index in [2.05, 4.69) is 10.3 Å². The molecule has 1 N–H and O–H groups in total. The van der Waals surface area contributed by atoms with Gasteiger partial charge in [-0.25, -0.2) is 9.37 Å². The van der Waals surface area contributed by atoms with E-state index in [4.69, 9.17) is 9.47 Å². The zero-order chi connectivity index (χ0) is 20.3. The van der Waals surface area contributed by atoms with Crippen LogP contribution in [0.3, 0.4) is 0 Å². The number of carbonyl (C=O) groups excluding carboxylic acids is 1. The molecule has 0 aliphatic heterocycles. The van der Waals surface area contributed by atoms with E-state index >= 15 is 0 Å². The molecule has 3 aromatic rings. The molecule has 0 aliphatic rings. The van der Waals surface area contributed by atoms with E-state index in [0.717, 1.165) is 5.56 Å². The number of halogens is 1. The highest BCUT2D eigenvalue weighted by Crippen LogP contribution is 2.30. The lowest BCUT2D eigenvalue weighted by Gasteiger charge is -2.20. The number of nitrogens with one attached hydrogen (secondary N) is 1. The standard InChI is InChI=1S/C21H22FN3O3/c1-13-17(27-3)11-15(12-18(13)28-4)21(26)24-19(20-23-8-9-25(20)2)14-6-5-7-16(22)10-14/h5-12,19H,1-4H3,(H,24,26)/t19-/m1/s1. The molecular formula is C21H22FN3O3. The van der Waals surface area contributed by atoms with Gasteiger partial charge < -0.3 is 19.4 Å². The fourth-order valence-electron chi connectivity index (χ4n) is 3.07. The predicted octanol–water partition coefficient (Wildman–Crippen LogP) is 3.40. The summed E-state index contributed by atoms with van der Waals surface area (Å²) in [4.78, 5) is 17.3. The molecule has 0 saturated heterocycles. The van der Waals surface area contributed by atoms with Gasteiger partial charge in [-0.15, -0.1) is 0 Å². The van der Waals surface area contributed by atoms with E-state index in [-0.39, 0.29) is 11.7 Å². The Balaban J connectivity index is 2.00. The number of imidazole rings is 1. The Morgan fingerprint density at radius 3 is 2.39 bits per heavy atom. The van der Waals surface area contributed by atoms with Crippen molar-refractivity contribution in [3.8, 4) is 11.5 Å². The Labute approximate surface area is 162 Å². The first-order chi connectivity index (χ1) is 13.4. The zero-order valence-corrected chi connectivity index (χ0v) is 16.2. The molecule has 0 unspecified atom stereocenters. The molecule has 7 heteroatoms. The summed E-state index contributed by atoms with van der Waals surface area (Å²) < 4.78 is 26.3. The van der Waals surface area contributed by atoms with Gasteiger partial charge in [0.05, 0.1) is 14.2 Å². The Hall–Kier alpha value is -3.35. The molecule has 1 aromatic heterocycles. The summed E-state index contributed by atoms with van der Waals surface area (Å²) in [5, 5.41) is 2.94. The van der Waals surface area contributed by atoms with Gasteiger partial charge in [0.25, 0.3) is 5.91 Å². The third-order valence-electron chi connectivity index (χ3n) is 4.59. The summed E-state index contributed by atoms with van der Waals surface area (Å²) in [6.07, 6.45) is 3.40. The number of aryl methyl sites for hydroxylation is 1. The highest BCUT2D eigenvalue weighted by molar-refractivity contribution is 5.95. The van der Waals surface area contributed by atoms with Gasteiger partial charge >= 0.3 is 0 Å². The van der Waals surface area contributed by atoms with E-state index < -0.39 is 6.04 Å². The fraction of sp³-hybridized carbons (Fsp3) is 0.238. The third kappa shape index (κ3) is 3.83. The molecule has 0 spiro atoms. The van der Waals surface area contributed by atoms with Gasteiger partial charge in [-0.3, -0.25) is 4.79 Å². The van der Waals surface area contributed by atoms with Gasteiger partial charge in [-0.05, 0) is 36.8 Å². The largest absolute Gasteiger partial charge is 0.496 e. The van der Waals surface area contributed by atoms with Crippen molar-refractivity contribution in [3.63, 3.8) is 0 Å². The second-order valence-corrected chi connectivity index (χ2v) is 6.36. The normalized spacial score (nSPS) is 11.8. The summed E-state index contributed by atoms with van der Waals surface area (Å²) >= 11 is 0. The van der Waals surface area contributed by atoms with E-state index in [1.54, 1.807) is 41.2 Å². The molecule has 0 bridgehead atoms. The van der Waals surface area contributed by atoms with Crippen LogP contribution in [0.1, 0.15) is 33.4 Å². The lowest BCUT2D eigenvalue weighted by Crippen LogP contribution is -2.31. The van der Waals surface area contributed by atoms with Crippen LogP contribution < -0.4 is 14.8 Å². The Bertz CT molecular complexity index is 975. The first-order valence-corrected chi connectivity index (χ1v) is 8.70. The minimum absolute atomic E-state index is 0.353. The van der Waals surface area contributed by atoms with E-state index in [1.807, 2.05) is 14.0 Å². The van der Waals surface area contributed by atoms with E-state index in [1.165, 1.54) is 26.4 Å². The number of hydrogen-bond acceptors (Lipinski definition) is 4. The predicted molar refractivity (Wildman–Crippen MR) is 103 cm³/mol. The molecule has 0 radical (unpaired) electrons. The first kappa shape index (κ1) is 19.4. The summed E-state index contributed by atoms with van der Waals surface area (Å²) in [5.41, 5.74) is 1.76. The molecule has 1 amide bonds. The topological polar surface area (TPSA) is 65.4 Å². The summed E-state index contributed by atoms with van der Waals surface area (Å²) in [5.74, 6) is 0.941. The van der Waals surface area contributed by atoms with Crippen LogP contribution in [0.25, 0.3) is 0 Å². The van der Waals surface area contributed by atoms with Crippen molar-refractivity contribution in [1.82, 2.24) is 14.9 Å². The number of hydrogen-bond donors (Lipinski definition) is 1. The van der Waals surface area contributed by atoms with Crippen molar-refractivity contribution >= 4 is 5.91 Å². The van der Waals surface area contributed by atoms with Gasteiger partial charge in [0, 0.05) is 30.6 Å². The Morgan fingerprint density at radius 1 is 1.18 bits per heavy atom. The molecule has 0 aliphatic carbocycles. The van der Waals surface area contributed by atoms with Gasteiger partial charge in [0.15, 0.2) is 0 Å². The highest BCUT2D eigenvalue weighted by Gasteiger charge is 2.23. The highest BCUT2D eigenvalue weighted by atomic mass is 19.1. The third-order valence-corrected chi connectivity index (χ3v) is 4.59. The lowest BCUT2D eigenvalue weighted by molar-refractivity contribution is 0.0940. The van der Waals surface area contributed by atoms with Crippen molar-refractivity contribution in [1.29, 1.82) is 0 Å². The number of benzene rings is 2. The Kier molecular flexibility index (Phi) is 5.63. The number of nitrogens with zero attached hydrogens (tertiary/aromatic N) is 2. The Morgan fingerprint density at radius 2 is 1.86 bits per heavy atom. The van der Waals surface area contributed by atoms with Crippen LogP contribution in [0.15, 0.2) is 48.8 Å². The maximum Gasteiger partial charge on any atom is 0.252 e. The number of carbonyl (C=O) groups is 1. The summed E-state index contributed by atoms with van der Waals surface area (Å²) in [6, 6.07) is 8.76. The number of aromatic nitrogens is 2. The van der Waals surface area contributed by atoms with Crippen LogP contribution in [0.5, 0.6) is 11.5 Å². The SMILES string of the molecule is COc1cc(C(=O)N[C@H](c2cccc(F)c2)c2nccn2C)cc(OC)c1C. The van der Waals surface area contributed by atoms with Crippen LogP contribution in [0.2, 0.25) is 0 Å². The van der Waals surface area contributed by atoms with Gasteiger partial charge in [0.2, 0.25) is 0 Å². The maximum atomic E-state index is 13.8. The quantitative estimate of drug-likeness (QED) is 0.709. The molecule has 0 fully saturated rings. The monoisotopic (exact) mass is 383 g/mol. The molecule has 2 aromatic carbocycles. The fourth-order valence-corrected chi connectivity index (χ4v) is 3.07. The summed E-state index contributed by atoms with van der Waals surface area (Å²) in [6.45, 7) is 1.85. The van der Waals surface area contributed by atoms with Crippen molar-refractivity contribution in [2.45, 2.75) is 13.0 Å². The molecule has 6 nitrogen and oxygen atoms in total.